The SMILES string of the molecule is CC[C@H]([C@@H](CCCc1ccc(F)cc1F)C(=O)NCNC(=O)c1ccc(Br)o1)N(C=O)OCc1ccccc1. The van der Waals surface area contributed by atoms with Gasteiger partial charge in [0.25, 0.3) is 5.91 Å². The number of nitrogens with zero attached hydrogens (tertiary/aromatic N) is 1. The number of hydrogen-bond donors (Lipinski definition) is 2. The maximum atomic E-state index is 14.1. The Morgan fingerprint density at radius 2 is 1.87 bits per heavy atom. The molecule has 0 fully saturated rings. The van der Waals surface area contributed by atoms with Gasteiger partial charge in [0, 0.05) is 6.07 Å². The Morgan fingerprint density at radius 1 is 1.10 bits per heavy atom. The zero-order chi connectivity index (χ0) is 28.2. The van der Waals surface area contributed by atoms with Gasteiger partial charge in [-0.2, -0.15) is 0 Å². The van der Waals surface area contributed by atoms with Crippen molar-refractivity contribution in [3.05, 3.63) is 93.9 Å². The van der Waals surface area contributed by atoms with Crippen LogP contribution in [0.5, 0.6) is 0 Å². The summed E-state index contributed by atoms with van der Waals surface area (Å²) in [6.07, 6.45) is 1.86. The molecule has 1 aromatic heterocycles. The Hall–Kier alpha value is -3.57. The topological polar surface area (TPSA) is 101 Å². The number of hydrogen-bond acceptors (Lipinski definition) is 5. The molecule has 3 amide bonds. The number of benzene rings is 2. The standard InChI is InChI=1S/C28H30BrF2N3O5/c1-2-24(34(18-35)38-16-19-7-4-3-5-8-19)22(10-6-9-20-11-12-21(30)15-23(20)31)27(36)32-17-33-28(37)25-13-14-26(29)39-25/h3-5,7-8,11-15,18,22,24H,2,6,9-10,16-17H2,1H3,(H,32,36)(H,33,37)/t22-,24-/m1/s1. The zero-order valence-electron chi connectivity index (χ0n) is 21.4. The molecule has 2 atom stereocenters. The van der Waals surface area contributed by atoms with E-state index in [1.807, 2.05) is 37.3 Å². The molecule has 0 aliphatic rings. The first-order valence-corrected chi connectivity index (χ1v) is 13.3. The highest BCUT2D eigenvalue weighted by atomic mass is 79.9. The second-order valence-corrected chi connectivity index (χ2v) is 9.54. The average Bonchev–Trinajstić information content (AvgIpc) is 3.37. The van der Waals surface area contributed by atoms with Crippen molar-refractivity contribution >= 4 is 34.2 Å². The van der Waals surface area contributed by atoms with Crippen molar-refractivity contribution in [2.45, 2.75) is 45.3 Å². The van der Waals surface area contributed by atoms with Gasteiger partial charge in [-0.25, -0.2) is 13.8 Å². The van der Waals surface area contributed by atoms with Crippen LogP contribution in [-0.2, 0) is 27.5 Å². The molecular weight excluding hydrogens is 576 g/mol. The van der Waals surface area contributed by atoms with Gasteiger partial charge in [0.05, 0.1) is 18.6 Å². The minimum Gasteiger partial charge on any atom is -0.444 e. The lowest BCUT2D eigenvalue weighted by Crippen LogP contribution is -2.48. The molecule has 3 aromatic rings. The molecule has 2 aromatic carbocycles. The maximum absolute atomic E-state index is 14.1. The molecule has 0 radical (unpaired) electrons. The van der Waals surface area contributed by atoms with Gasteiger partial charge in [-0.05, 0) is 70.9 Å². The quantitative estimate of drug-likeness (QED) is 0.142. The number of nitrogens with one attached hydrogen (secondary N) is 2. The van der Waals surface area contributed by atoms with E-state index in [1.165, 1.54) is 18.2 Å². The number of hydroxylamine groups is 2. The third-order valence-electron chi connectivity index (χ3n) is 6.16. The Kier molecular flexibility index (Phi) is 11.6. The van der Waals surface area contributed by atoms with E-state index in [4.69, 9.17) is 9.25 Å². The first-order chi connectivity index (χ1) is 18.8. The zero-order valence-corrected chi connectivity index (χ0v) is 23.0. The van der Waals surface area contributed by atoms with Gasteiger partial charge >= 0.3 is 0 Å². The molecule has 2 N–H and O–H groups in total. The molecule has 0 saturated heterocycles. The van der Waals surface area contributed by atoms with Crippen molar-refractivity contribution < 1.29 is 32.4 Å². The second kappa shape index (κ2) is 15.1. The molecule has 0 unspecified atom stereocenters. The van der Waals surface area contributed by atoms with E-state index < -0.39 is 35.4 Å². The molecule has 0 bridgehead atoms. The maximum Gasteiger partial charge on any atom is 0.288 e. The fourth-order valence-corrected chi connectivity index (χ4v) is 4.48. The van der Waals surface area contributed by atoms with Gasteiger partial charge in [-0.15, -0.1) is 0 Å². The summed E-state index contributed by atoms with van der Waals surface area (Å²) in [7, 11) is 0. The van der Waals surface area contributed by atoms with E-state index in [2.05, 4.69) is 26.6 Å². The Morgan fingerprint density at radius 3 is 2.51 bits per heavy atom. The molecule has 11 heteroatoms. The fraction of sp³-hybridized carbons (Fsp3) is 0.321. The molecule has 0 spiro atoms. The number of furan rings is 1. The molecule has 208 valence electrons. The average molecular weight is 606 g/mol. The number of carbonyl (C=O) groups excluding carboxylic acids is 3. The summed E-state index contributed by atoms with van der Waals surface area (Å²) in [5.41, 5.74) is 1.17. The number of rotatable bonds is 15. The number of amides is 3. The molecule has 0 aliphatic carbocycles. The summed E-state index contributed by atoms with van der Waals surface area (Å²) in [6, 6.07) is 15.1. The van der Waals surface area contributed by atoms with E-state index in [-0.39, 0.29) is 31.9 Å². The van der Waals surface area contributed by atoms with Gasteiger partial charge in [0.15, 0.2) is 10.4 Å². The molecule has 39 heavy (non-hydrogen) atoms. The van der Waals surface area contributed by atoms with E-state index in [1.54, 1.807) is 6.07 Å². The van der Waals surface area contributed by atoms with E-state index >= 15 is 0 Å². The third kappa shape index (κ3) is 9.00. The van der Waals surface area contributed by atoms with Gasteiger partial charge in [-0.1, -0.05) is 43.3 Å². The van der Waals surface area contributed by atoms with Crippen LogP contribution >= 0.6 is 15.9 Å². The minimum absolute atomic E-state index is 0.0712. The van der Waals surface area contributed by atoms with Crippen molar-refractivity contribution in [3.8, 4) is 0 Å². The fourth-order valence-electron chi connectivity index (χ4n) is 4.17. The summed E-state index contributed by atoms with van der Waals surface area (Å²) in [6.45, 7) is 1.77. The first-order valence-electron chi connectivity index (χ1n) is 12.5. The van der Waals surface area contributed by atoms with Crippen molar-refractivity contribution in [3.63, 3.8) is 0 Å². The molecule has 0 saturated carbocycles. The summed E-state index contributed by atoms with van der Waals surface area (Å²) >= 11 is 3.13. The smallest absolute Gasteiger partial charge is 0.288 e. The van der Waals surface area contributed by atoms with Crippen LogP contribution < -0.4 is 10.6 Å². The van der Waals surface area contributed by atoms with Gasteiger partial charge in [0.1, 0.15) is 18.2 Å². The largest absolute Gasteiger partial charge is 0.444 e. The summed E-state index contributed by atoms with van der Waals surface area (Å²) < 4.78 is 33.0. The van der Waals surface area contributed by atoms with Crippen LogP contribution in [0.25, 0.3) is 0 Å². The van der Waals surface area contributed by atoms with Gasteiger partial charge in [0.2, 0.25) is 12.3 Å². The van der Waals surface area contributed by atoms with Gasteiger partial charge in [-0.3, -0.25) is 19.2 Å². The molecule has 0 aliphatic heterocycles. The van der Waals surface area contributed by atoms with Gasteiger partial charge < -0.3 is 15.1 Å². The minimum atomic E-state index is -0.742. The monoisotopic (exact) mass is 605 g/mol. The van der Waals surface area contributed by atoms with Crippen molar-refractivity contribution in [1.29, 1.82) is 0 Å². The lowest BCUT2D eigenvalue weighted by Gasteiger charge is -2.32. The molecule has 3 rings (SSSR count). The second-order valence-electron chi connectivity index (χ2n) is 8.76. The molecule has 1 heterocycles. The van der Waals surface area contributed by atoms with Crippen LogP contribution in [-0.4, -0.2) is 36.0 Å². The van der Waals surface area contributed by atoms with E-state index in [0.29, 0.717) is 29.5 Å². The third-order valence-corrected chi connectivity index (χ3v) is 6.58. The highest BCUT2D eigenvalue weighted by Gasteiger charge is 2.32. The summed E-state index contributed by atoms with van der Waals surface area (Å²) in [5.74, 6) is -2.93. The Bertz CT molecular complexity index is 1240. The van der Waals surface area contributed by atoms with Crippen molar-refractivity contribution in [2.75, 3.05) is 6.67 Å². The highest BCUT2D eigenvalue weighted by molar-refractivity contribution is 9.10. The normalized spacial score (nSPS) is 12.4. The van der Waals surface area contributed by atoms with Crippen LogP contribution in [0.3, 0.4) is 0 Å². The van der Waals surface area contributed by atoms with Crippen molar-refractivity contribution in [1.82, 2.24) is 15.7 Å². The van der Waals surface area contributed by atoms with Crippen LogP contribution in [0.1, 0.15) is 47.9 Å². The number of carbonyl (C=O) groups is 3. The lowest BCUT2D eigenvalue weighted by molar-refractivity contribution is -0.200. The highest BCUT2D eigenvalue weighted by Crippen LogP contribution is 2.23. The Balaban J connectivity index is 1.68. The van der Waals surface area contributed by atoms with Crippen LogP contribution in [0, 0.1) is 17.6 Å². The summed E-state index contributed by atoms with van der Waals surface area (Å²) in [4.78, 5) is 43.3. The molecular formula is C28H30BrF2N3O5. The lowest BCUT2D eigenvalue weighted by atomic mass is 9.90. The van der Waals surface area contributed by atoms with Crippen LogP contribution in [0.4, 0.5) is 8.78 Å². The first kappa shape index (κ1) is 30.0. The van der Waals surface area contributed by atoms with E-state index in [0.717, 1.165) is 16.7 Å². The van der Waals surface area contributed by atoms with Crippen LogP contribution in [0.2, 0.25) is 0 Å². The predicted molar refractivity (Wildman–Crippen MR) is 143 cm³/mol. The van der Waals surface area contributed by atoms with E-state index in [9.17, 15) is 23.2 Å². The molecule has 8 nitrogen and oxygen atoms in total. The predicted octanol–water partition coefficient (Wildman–Crippen LogP) is 5.13. The summed E-state index contributed by atoms with van der Waals surface area (Å²) in [5, 5.41) is 6.37. The number of aryl methyl sites for hydroxylation is 1. The van der Waals surface area contributed by atoms with Crippen LogP contribution in [0.15, 0.2) is 69.8 Å². The number of halogens is 3. The Labute approximate surface area is 233 Å². The van der Waals surface area contributed by atoms with Crippen molar-refractivity contribution in [2.24, 2.45) is 5.92 Å².